The summed E-state index contributed by atoms with van der Waals surface area (Å²) in [7, 11) is 0. The van der Waals surface area contributed by atoms with Gasteiger partial charge in [0.15, 0.2) is 0 Å². The van der Waals surface area contributed by atoms with Crippen LogP contribution in [0.15, 0.2) is 60.2 Å². The highest BCUT2D eigenvalue weighted by Gasteiger charge is 2.27. The van der Waals surface area contributed by atoms with E-state index in [2.05, 4.69) is 0 Å². The van der Waals surface area contributed by atoms with E-state index in [9.17, 15) is 19.2 Å². The van der Waals surface area contributed by atoms with Crippen molar-refractivity contribution in [3.05, 3.63) is 71.3 Å². The molecule has 0 atom stereocenters. The number of urea groups is 1. The summed E-state index contributed by atoms with van der Waals surface area (Å²) >= 11 is 0. The van der Waals surface area contributed by atoms with E-state index in [0.717, 1.165) is 11.3 Å². The molecule has 1 aliphatic rings. The lowest BCUT2D eigenvalue weighted by Crippen LogP contribution is -2.51. The highest BCUT2D eigenvalue weighted by atomic mass is 16.5. The maximum absolute atomic E-state index is 11.9. The van der Waals surface area contributed by atoms with Crippen molar-refractivity contribution >= 4 is 35.6 Å². The first-order valence-electron chi connectivity index (χ1n) is 10.4. The SMILES string of the molecule is CC(=O)OCCN(CCOCc1ccccc1)c1ccc(C=C2C(=O)NC(=O)NC2=O)cc1. The third kappa shape index (κ3) is 7.29. The number of hydrogen-bond donors (Lipinski definition) is 2. The van der Waals surface area contributed by atoms with Crippen molar-refractivity contribution in [2.45, 2.75) is 13.5 Å². The number of carbonyl (C=O) groups excluding carboxylic acids is 4. The Morgan fingerprint density at radius 2 is 1.55 bits per heavy atom. The minimum absolute atomic E-state index is 0.150. The number of barbiturate groups is 1. The smallest absolute Gasteiger partial charge is 0.328 e. The average Bonchev–Trinajstić information content (AvgIpc) is 2.79. The number of carbonyl (C=O) groups is 4. The number of amides is 4. The van der Waals surface area contributed by atoms with Gasteiger partial charge in [0.1, 0.15) is 12.2 Å². The molecule has 0 bridgehead atoms. The molecule has 0 unspecified atom stereocenters. The zero-order valence-corrected chi connectivity index (χ0v) is 18.2. The van der Waals surface area contributed by atoms with Gasteiger partial charge in [-0.1, -0.05) is 42.5 Å². The van der Waals surface area contributed by atoms with Crippen LogP contribution in [0.1, 0.15) is 18.1 Å². The highest BCUT2D eigenvalue weighted by molar-refractivity contribution is 6.31. The van der Waals surface area contributed by atoms with Crippen molar-refractivity contribution in [3.8, 4) is 0 Å². The molecule has 172 valence electrons. The minimum Gasteiger partial charge on any atom is -0.464 e. The standard InChI is InChI=1S/C24H25N3O6/c1-17(28)33-14-12-27(11-13-32-16-19-5-3-2-4-6-19)20-9-7-18(8-10-20)15-21-22(29)25-24(31)26-23(21)30/h2-10,15H,11-14,16H2,1H3,(H2,25,26,29,30,31). The van der Waals surface area contributed by atoms with Crippen LogP contribution in [0, 0.1) is 0 Å². The van der Waals surface area contributed by atoms with Gasteiger partial charge in [-0.05, 0) is 29.3 Å². The second-order valence-corrected chi connectivity index (χ2v) is 7.25. The van der Waals surface area contributed by atoms with Gasteiger partial charge in [-0.3, -0.25) is 25.0 Å². The number of esters is 1. The summed E-state index contributed by atoms with van der Waals surface area (Å²) in [5.74, 6) is -1.84. The molecule has 4 amide bonds. The summed E-state index contributed by atoms with van der Waals surface area (Å²) in [6.07, 6.45) is 1.41. The Morgan fingerprint density at radius 1 is 0.909 bits per heavy atom. The van der Waals surface area contributed by atoms with Crippen molar-refractivity contribution < 1.29 is 28.7 Å². The predicted octanol–water partition coefficient (Wildman–Crippen LogP) is 2.02. The molecule has 3 rings (SSSR count). The highest BCUT2D eigenvalue weighted by Crippen LogP contribution is 2.18. The molecule has 33 heavy (non-hydrogen) atoms. The van der Waals surface area contributed by atoms with Crippen LogP contribution in [0.4, 0.5) is 10.5 Å². The Labute approximate surface area is 191 Å². The molecule has 1 fully saturated rings. The van der Waals surface area contributed by atoms with Crippen LogP contribution in [0.2, 0.25) is 0 Å². The molecule has 0 radical (unpaired) electrons. The van der Waals surface area contributed by atoms with Gasteiger partial charge >= 0.3 is 12.0 Å². The van der Waals surface area contributed by atoms with Crippen LogP contribution in [0.25, 0.3) is 6.08 Å². The van der Waals surface area contributed by atoms with E-state index >= 15 is 0 Å². The van der Waals surface area contributed by atoms with Gasteiger partial charge in [0.25, 0.3) is 11.8 Å². The van der Waals surface area contributed by atoms with Gasteiger partial charge in [-0.25, -0.2) is 4.79 Å². The molecule has 9 heteroatoms. The summed E-state index contributed by atoms with van der Waals surface area (Å²) in [6, 6.07) is 16.2. The maximum Gasteiger partial charge on any atom is 0.328 e. The summed E-state index contributed by atoms with van der Waals surface area (Å²) in [4.78, 5) is 48.1. The van der Waals surface area contributed by atoms with Crippen LogP contribution in [-0.2, 0) is 30.5 Å². The van der Waals surface area contributed by atoms with Crippen LogP contribution in [0.3, 0.4) is 0 Å². The first kappa shape index (κ1) is 23.7. The van der Waals surface area contributed by atoms with Crippen LogP contribution < -0.4 is 15.5 Å². The van der Waals surface area contributed by atoms with Crippen LogP contribution in [0.5, 0.6) is 0 Å². The fourth-order valence-electron chi connectivity index (χ4n) is 3.16. The molecule has 9 nitrogen and oxygen atoms in total. The van der Waals surface area contributed by atoms with E-state index in [0.29, 0.717) is 31.9 Å². The van der Waals surface area contributed by atoms with Crippen molar-refractivity contribution in [1.29, 1.82) is 0 Å². The first-order chi connectivity index (χ1) is 15.9. The van der Waals surface area contributed by atoms with Crippen molar-refractivity contribution in [3.63, 3.8) is 0 Å². The van der Waals surface area contributed by atoms with Gasteiger partial charge in [-0.2, -0.15) is 0 Å². The lowest BCUT2D eigenvalue weighted by atomic mass is 10.1. The number of imide groups is 2. The Bertz CT molecular complexity index is 1010. The van der Waals surface area contributed by atoms with Crippen LogP contribution >= 0.6 is 0 Å². The van der Waals surface area contributed by atoms with Gasteiger partial charge < -0.3 is 14.4 Å². The van der Waals surface area contributed by atoms with Crippen LogP contribution in [-0.4, -0.2) is 50.1 Å². The molecule has 0 saturated carbocycles. The van der Waals surface area contributed by atoms with Gasteiger partial charge in [0.2, 0.25) is 0 Å². The maximum atomic E-state index is 11.9. The van der Waals surface area contributed by atoms with Gasteiger partial charge in [-0.15, -0.1) is 0 Å². The monoisotopic (exact) mass is 451 g/mol. The number of benzene rings is 2. The van der Waals surface area contributed by atoms with Gasteiger partial charge in [0.05, 0.1) is 19.8 Å². The fraction of sp³-hybridized carbons (Fsp3) is 0.250. The molecule has 2 aromatic rings. The molecular formula is C24H25N3O6. The summed E-state index contributed by atoms with van der Waals surface area (Å²) in [5, 5.41) is 4.08. The van der Waals surface area contributed by atoms with E-state index in [1.165, 1.54) is 13.0 Å². The normalized spacial score (nSPS) is 13.2. The van der Waals surface area contributed by atoms with Crippen molar-refractivity contribution in [2.24, 2.45) is 0 Å². The molecule has 2 N–H and O–H groups in total. The molecule has 1 aliphatic heterocycles. The number of nitrogens with one attached hydrogen (secondary N) is 2. The number of hydrogen-bond acceptors (Lipinski definition) is 7. The average molecular weight is 451 g/mol. The number of anilines is 1. The number of ether oxygens (including phenoxy) is 2. The molecule has 1 heterocycles. The van der Waals surface area contributed by atoms with E-state index in [-0.39, 0.29) is 18.1 Å². The van der Waals surface area contributed by atoms with E-state index in [1.807, 2.05) is 58.0 Å². The number of nitrogens with zero attached hydrogens (tertiary/aromatic N) is 1. The number of rotatable bonds is 10. The largest absolute Gasteiger partial charge is 0.464 e. The Balaban J connectivity index is 1.64. The Morgan fingerprint density at radius 3 is 2.18 bits per heavy atom. The molecule has 2 aromatic carbocycles. The lowest BCUT2D eigenvalue weighted by Gasteiger charge is -2.25. The van der Waals surface area contributed by atoms with Gasteiger partial charge in [0, 0.05) is 19.2 Å². The molecule has 1 saturated heterocycles. The summed E-state index contributed by atoms with van der Waals surface area (Å²) < 4.78 is 10.9. The Hall–Kier alpha value is -3.98. The zero-order valence-electron chi connectivity index (χ0n) is 18.2. The molecular weight excluding hydrogens is 426 g/mol. The molecule has 0 aromatic heterocycles. The second-order valence-electron chi connectivity index (χ2n) is 7.25. The van der Waals surface area contributed by atoms with Crippen molar-refractivity contribution in [1.82, 2.24) is 10.6 Å². The second kappa shape index (κ2) is 11.6. The predicted molar refractivity (Wildman–Crippen MR) is 121 cm³/mol. The summed E-state index contributed by atoms with van der Waals surface area (Å²) in [5.41, 5.74) is 2.41. The molecule has 0 spiro atoms. The van der Waals surface area contributed by atoms with E-state index in [4.69, 9.17) is 9.47 Å². The van der Waals surface area contributed by atoms with E-state index in [1.54, 1.807) is 12.1 Å². The topological polar surface area (TPSA) is 114 Å². The quantitative estimate of drug-likeness (QED) is 0.246. The first-order valence-corrected chi connectivity index (χ1v) is 10.4. The molecule has 0 aliphatic carbocycles. The van der Waals surface area contributed by atoms with Crippen molar-refractivity contribution in [2.75, 3.05) is 31.2 Å². The summed E-state index contributed by atoms with van der Waals surface area (Å²) in [6.45, 7) is 3.60. The van der Waals surface area contributed by atoms with E-state index < -0.39 is 17.8 Å². The zero-order chi connectivity index (χ0) is 23.6. The third-order valence-corrected chi connectivity index (χ3v) is 4.80. The minimum atomic E-state index is -0.838. The fourth-order valence-corrected chi connectivity index (χ4v) is 3.16. The third-order valence-electron chi connectivity index (χ3n) is 4.80. The lowest BCUT2D eigenvalue weighted by molar-refractivity contribution is -0.140. The Kier molecular flexibility index (Phi) is 8.31.